The van der Waals surface area contributed by atoms with Crippen LogP contribution in [0.15, 0.2) is 41.3 Å². The quantitative estimate of drug-likeness (QED) is 0.754. The second kappa shape index (κ2) is 7.95. The minimum atomic E-state index is -4.04. The SMILES string of the molecule is O=C(O)c1cc(NS(=O)(=O)c2ccc(F)c(Cl)c2)ccc1N1CCSCC1. The number of aromatic carboxylic acids is 1. The molecule has 10 heteroatoms. The molecule has 0 bridgehead atoms. The number of hydrogen-bond donors (Lipinski definition) is 2. The minimum absolute atomic E-state index is 0.0132. The smallest absolute Gasteiger partial charge is 0.337 e. The van der Waals surface area contributed by atoms with Crippen molar-refractivity contribution < 1.29 is 22.7 Å². The number of halogens is 2. The van der Waals surface area contributed by atoms with E-state index >= 15 is 0 Å². The Morgan fingerprint density at radius 3 is 2.52 bits per heavy atom. The number of nitrogens with zero attached hydrogens (tertiary/aromatic N) is 1. The molecule has 27 heavy (non-hydrogen) atoms. The van der Waals surface area contributed by atoms with Gasteiger partial charge in [0.2, 0.25) is 0 Å². The number of benzene rings is 2. The van der Waals surface area contributed by atoms with Crippen LogP contribution in [0.4, 0.5) is 15.8 Å². The zero-order chi connectivity index (χ0) is 19.6. The van der Waals surface area contributed by atoms with Crippen LogP contribution in [0.5, 0.6) is 0 Å². The van der Waals surface area contributed by atoms with Gasteiger partial charge in [-0.15, -0.1) is 0 Å². The Hall–Kier alpha value is -1.97. The summed E-state index contributed by atoms with van der Waals surface area (Å²) in [4.78, 5) is 13.4. The van der Waals surface area contributed by atoms with Gasteiger partial charge in [-0.25, -0.2) is 17.6 Å². The van der Waals surface area contributed by atoms with Gasteiger partial charge in [-0.1, -0.05) is 11.6 Å². The molecule has 1 aliphatic rings. The second-order valence-electron chi connectivity index (χ2n) is 5.82. The van der Waals surface area contributed by atoms with Crippen molar-refractivity contribution in [2.24, 2.45) is 0 Å². The Balaban J connectivity index is 1.91. The first-order valence-corrected chi connectivity index (χ1v) is 11.0. The predicted molar refractivity (Wildman–Crippen MR) is 105 cm³/mol. The van der Waals surface area contributed by atoms with Crippen molar-refractivity contribution in [2.45, 2.75) is 4.90 Å². The van der Waals surface area contributed by atoms with Gasteiger partial charge in [-0.3, -0.25) is 4.72 Å². The summed E-state index contributed by atoms with van der Waals surface area (Å²) in [6.45, 7) is 1.45. The fourth-order valence-electron chi connectivity index (χ4n) is 2.71. The maximum absolute atomic E-state index is 13.3. The molecule has 2 N–H and O–H groups in total. The van der Waals surface area contributed by atoms with Crippen molar-refractivity contribution in [1.82, 2.24) is 0 Å². The number of carboxylic acid groups (broad SMARTS) is 1. The fourth-order valence-corrected chi connectivity index (χ4v) is 4.93. The number of anilines is 2. The Kier molecular flexibility index (Phi) is 5.83. The first kappa shape index (κ1) is 19.8. The lowest BCUT2D eigenvalue weighted by Gasteiger charge is -2.29. The average molecular weight is 431 g/mol. The lowest BCUT2D eigenvalue weighted by atomic mass is 10.1. The molecule has 1 aliphatic heterocycles. The van der Waals surface area contributed by atoms with Crippen molar-refractivity contribution in [3.8, 4) is 0 Å². The molecule has 1 saturated heterocycles. The highest BCUT2D eigenvalue weighted by atomic mass is 35.5. The Morgan fingerprint density at radius 1 is 1.19 bits per heavy atom. The molecule has 0 radical (unpaired) electrons. The molecule has 6 nitrogen and oxygen atoms in total. The molecule has 2 aromatic carbocycles. The highest BCUT2D eigenvalue weighted by molar-refractivity contribution is 7.99. The van der Waals surface area contributed by atoms with Crippen LogP contribution in [-0.2, 0) is 10.0 Å². The third-order valence-electron chi connectivity index (χ3n) is 4.03. The highest BCUT2D eigenvalue weighted by Crippen LogP contribution is 2.28. The van der Waals surface area contributed by atoms with Gasteiger partial charge in [0.25, 0.3) is 10.0 Å². The zero-order valence-corrected chi connectivity index (χ0v) is 16.4. The topological polar surface area (TPSA) is 86.7 Å². The van der Waals surface area contributed by atoms with Gasteiger partial charge in [0.15, 0.2) is 0 Å². The van der Waals surface area contributed by atoms with Gasteiger partial charge in [0.1, 0.15) is 5.82 Å². The van der Waals surface area contributed by atoms with Crippen LogP contribution in [-0.4, -0.2) is 44.1 Å². The molecule has 3 rings (SSSR count). The van der Waals surface area contributed by atoms with E-state index in [1.165, 1.54) is 12.1 Å². The van der Waals surface area contributed by atoms with Crippen molar-refractivity contribution in [1.29, 1.82) is 0 Å². The third kappa shape index (κ3) is 4.48. The first-order chi connectivity index (χ1) is 12.8. The monoisotopic (exact) mass is 430 g/mol. The van der Waals surface area contributed by atoms with E-state index in [2.05, 4.69) is 4.72 Å². The van der Waals surface area contributed by atoms with E-state index in [0.717, 1.165) is 42.8 Å². The van der Waals surface area contributed by atoms with Gasteiger partial charge in [-0.2, -0.15) is 11.8 Å². The summed E-state index contributed by atoms with van der Waals surface area (Å²) >= 11 is 7.44. The minimum Gasteiger partial charge on any atom is -0.478 e. The van der Waals surface area contributed by atoms with Crippen LogP contribution in [0.25, 0.3) is 0 Å². The highest BCUT2D eigenvalue weighted by Gasteiger charge is 2.21. The first-order valence-electron chi connectivity index (χ1n) is 7.96. The van der Waals surface area contributed by atoms with E-state index in [1.54, 1.807) is 17.8 Å². The Morgan fingerprint density at radius 2 is 1.89 bits per heavy atom. The van der Waals surface area contributed by atoms with Crippen LogP contribution in [0.1, 0.15) is 10.4 Å². The van der Waals surface area contributed by atoms with E-state index < -0.39 is 21.8 Å². The number of sulfonamides is 1. The number of rotatable bonds is 5. The standard InChI is InChI=1S/C17H16ClFN2O4S2/c18-14-10-12(2-3-15(14)19)27(24,25)20-11-1-4-16(13(9-11)17(22)23)21-5-7-26-8-6-21/h1-4,9-10,20H,5-8H2,(H,22,23). The molecule has 0 saturated carbocycles. The van der Waals surface area contributed by atoms with Gasteiger partial charge >= 0.3 is 5.97 Å². The van der Waals surface area contributed by atoms with E-state index in [1.807, 2.05) is 4.90 Å². The molecule has 0 aromatic heterocycles. The van der Waals surface area contributed by atoms with Gasteiger partial charge in [0.05, 0.1) is 21.2 Å². The van der Waals surface area contributed by atoms with Crippen molar-refractivity contribution in [2.75, 3.05) is 34.2 Å². The normalized spacial score (nSPS) is 14.8. The van der Waals surface area contributed by atoms with Crippen molar-refractivity contribution in [3.05, 3.63) is 52.8 Å². The lowest BCUT2D eigenvalue weighted by molar-refractivity contribution is 0.0697. The summed E-state index contributed by atoms with van der Waals surface area (Å²) in [7, 11) is -4.04. The maximum atomic E-state index is 13.3. The number of nitrogens with one attached hydrogen (secondary N) is 1. The van der Waals surface area contributed by atoms with E-state index in [0.29, 0.717) is 5.69 Å². The summed E-state index contributed by atoms with van der Waals surface area (Å²) in [5.74, 6) is -0.0701. The molecule has 144 valence electrons. The molecular weight excluding hydrogens is 415 g/mol. The molecule has 0 spiro atoms. The largest absolute Gasteiger partial charge is 0.478 e. The molecule has 0 atom stereocenters. The summed E-state index contributed by atoms with van der Waals surface area (Å²) in [5, 5.41) is 9.22. The average Bonchev–Trinajstić information content (AvgIpc) is 2.64. The van der Waals surface area contributed by atoms with E-state index in [-0.39, 0.29) is 21.2 Å². The number of thioether (sulfide) groups is 1. The van der Waals surface area contributed by atoms with E-state index in [9.17, 15) is 22.7 Å². The van der Waals surface area contributed by atoms with Crippen LogP contribution in [0.2, 0.25) is 5.02 Å². The molecule has 1 fully saturated rings. The van der Waals surface area contributed by atoms with Crippen LogP contribution in [0.3, 0.4) is 0 Å². The fraction of sp³-hybridized carbons (Fsp3) is 0.235. The maximum Gasteiger partial charge on any atom is 0.337 e. The molecule has 0 aliphatic carbocycles. The number of hydrogen-bond acceptors (Lipinski definition) is 5. The second-order valence-corrected chi connectivity index (χ2v) is 9.13. The summed E-state index contributed by atoms with van der Waals surface area (Å²) in [5.41, 5.74) is 0.665. The van der Waals surface area contributed by atoms with Crippen molar-refractivity contribution >= 4 is 50.7 Å². The number of carboxylic acids is 1. The summed E-state index contributed by atoms with van der Waals surface area (Å²) in [6.07, 6.45) is 0. The predicted octanol–water partition coefficient (Wildman–Crippen LogP) is 3.53. The third-order valence-corrected chi connectivity index (χ3v) is 6.64. The molecule has 0 unspecified atom stereocenters. The van der Waals surface area contributed by atoms with Crippen LogP contribution < -0.4 is 9.62 Å². The van der Waals surface area contributed by atoms with Crippen LogP contribution >= 0.6 is 23.4 Å². The molecule has 1 heterocycles. The lowest BCUT2D eigenvalue weighted by Crippen LogP contribution is -2.33. The van der Waals surface area contributed by atoms with Crippen LogP contribution in [0, 0.1) is 5.82 Å². The molecular formula is C17H16ClFN2O4S2. The molecule has 0 amide bonds. The van der Waals surface area contributed by atoms with Crippen molar-refractivity contribution in [3.63, 3.8) is 0 Å². The molecule has 2 aromatic rings. The number of carbonyl (C=O) groups is 1. The Bertz CT molecular complexity index is 979. The summed E-state index contributed by atoms with van der Waals surface area (Å²) < 4.78 is 40.5. The summed E-state index contributed by atoms with van der Waals surface area (Å²) in [6, 6.07) is 7.42. The zero-order valence-electron chi connectivity index (χ0n) is 14.0. The Labute approximate surface area is 165 Å². The van der Waals surface area contributed by atoms with Gasteiger partial charge < -0.3 is 10.0 Å². The van der Waals surface area contributed by atoms with Gasteiger partial charge in [0, 0.05) is 30.3 Å². The van der Waals surface area contributed by atoms with Gasteiger partial charge in [-0.05, 0) is 36.4 Å². The van der Waals surface area contributed by atoms with E-state index in [4.69, 9.17) is 11.6 Å².